The van der Waals surface area contributed by atoms with Gasteiger partial charge in [-0.1, -0.05) is 0 Å². The molecule has 8 nitrogen and oxygen atoms in total. The van der Waals surface area contributed by atoms with Gasteiger partial charge in [0.15, 0.2) is 0 Å². The van der Waals surface area contributed by atoms with Crippen LogP contribution in [-0.2, 0) is 12.8 Å². The lowest BCUT2D eigenvalue weighted by Crippen LogP contribution is -2.39. The minimum Gasteiger partial charge on any atom is -0.397 e. The third-order valence-electron chi connectivity index (χ3n) is 6.38. The number of carbonyl (C=O) groups excluding carboxylic acids is 1. The number of nitrogen functional groups attached to an aromatic ring is 1. The van der Waals surface area contributed by atoms with E-state index in [0.717, 1.165) is 40.0 Å². The average molecular weight is 456 g/mol. The van der Waals surface area contributed by atoms with Gasteiger partial charge in [0.05, 0.1) is 12.4 Å². The van der Waals surface area contributed by atoms with E-state index in [9.17, 15) is 9.18 Å². The molecule has 0 spiro atoms. The van der Waals surface area contributed by atoms with Crippen molar-refractivity contribution < 1.29 is 9.18 Å². The van der Waals surface area contributed by atoms with E-state index < -0.39 is 6.67 Å². The predicted molar refractivity (Wildman–Crippen MR) is 124 cm³/mol. The van der Waals surface area contributed by atoms with E-state index in [1.54, 1.807) is 0 Å². The lowest BCUT2D eigenvalue weighted by atomic mass is 9.93. The van der Waals surface area contributed by atoms with Crippen molar-refractivity contribution in [2.45, 2.75) is 38.3 Å². The third kappa shape index (κ3) is 3.77. The SMILES string of the molecule is Cc1ccc2c(N)c(C(=O)N[C@H]3CCc4nc(N5C[C@@H](CF)[C@H](N)C5)ncc4C3)sc2n1. The second-order valence-electron chi connectivity index (χ2n) is 8.69. The van der Waals surface area contributed by atoms with Gasteiger partial charge in [0.2, 0.25) is 5.95 Å². The van der Waals surface area contributed by atoms with Crippen LogP contribution in [0.15, 0.2) is 18.3 Å². The maximum atomic E-state index is 13.1. The van der Waals surface area contributed by atoms with Gasteiger partial charge in [-0.15, -0.1) is 11.3 Å². The lowest BCUT2D eigenvalue weighted by molar-refractivity contribution is 0.0938. The highest BCUT2D eigenvalue weighted by atomic mass is 32.1. The zero-order valence-corrected chi connectivity index (χ0v) is 18.7. The fourth-order valence-corrected chi connectivity index (χ4v) is 5.55. The van der Waals surface area contributed by atoms with E-state index in [1.165, 1.54) is 11.3 Å². The number of carbonyl (C=O) groups is 1. The Bertz CT molecular complexity index is 1180. The summed E-state index contributed by atoms with van der Waals surface area (Å²) in [5.41, 5.74) is 15.6. The Morgan fingerprint density at radius 2 is 2.19 bits per heavy atom. The molecule has 0 bridgehead atoms. The van der Waals surface area contributed by atoms with Crippen LogP contribution in [0.1, 0.15) is 33.0 Å². The molecular weight excluding hydrogens is 429 g/mol. The molecule has 5 rings (SSSR count). The summed E-state index contributed by atoms with van der Waals surface area (Å²) < 4.78 is 13.1. The van der Waals surface area contributed by atoms with Crippen LogP contribution in [-0.4, -0.2) is 52.7 Å². The van der Waals surface area contributed by atoms with Crippen molar-refractivity contribution >= 4 is 39.1 Å². The van der Waals surface area contributed by atoms with Gasteiger partial charge in [-0.3, -0.25) is 9.18 Å². The van der Waals surface area contributed by atoms with Crippen molar-refractivity contribution in [2.24, 2.45) is 11.7 Å². The van der Waals surface area contributed by atoms with Gasteiger partial charge in [-0.05, 0) is 43.9 Å². The van der Waals surface area contributed by atoms with Crippen molar-refractivity contribution in [2.75, 3.05) is 30.4 Å². The van der Waals surface area contributed by atoms with Crippen LogP contribution < -0.4 is 21.7 Å². The average Bonchev–Trinajstić information content (AvgIpc) is 3.32. The largest absolute Gasteiger partial charge is 0.397 e. The minimum atomic E-state index is -0.427. The molecule has 10 heteroatoms. The first-order chi connectivity index (χ1) is 15.4. The van der Waals surface area contributed by atoms with E-state index in [4.69, 9.17) is 16.5 Å². The molecule has 2 aliphatic rings. The summed E-state index contributed by atoms with van der Waals surface area (Å²) in [7, 11) is 0. The fraction of sp³-hybridized carbons (Fsp3) is 0.455. The fourth-order valence-electron chi connectivity index (χ4n) is 4.50. The second kappa shape index (κ2) is 8.25. The molecule has 3 aromatic heterocycles. The van der Waals surface area contributed by atoms with Gasteiger partial charge in [0.25, 0.3) is 5.91 Å². The number of halogens is 1. The predicted octanol–water partition coefficient (Wildman–Crippen LogP) is 2.00. The molecule has 3 aromatic rings. The number of nitrogens with two attached hydrogens (primary N) is 2. The summed E-state index contributed by atoms with van der Waals surface area (Å²) in [6.45, 7) is 2.60. The number of amides is 1. The van der Waals surface area contributed by atoms with E-state index in [2.05, 4.69) is 15.3 Å². The summed E-state index contributed by atoms with van der Waals surface area (Å²) in [4.78, 5) is 29.9. The van der Waals surface area contributed by atoms with E-state index in [1.807, 2.05) is 30.2 Å². The van der Waals surface area contributed by atoms with Gasteiger partial charge in [-0.2, -0.15) is 0 Å². The molecule has 1 aliphatic carbocycles. The van der Waals surface area contributed by atoms with E-state index >= 15 is 0 Å². The molecule has 3 atom stereocenters. The Morgan fingerprint density at radius 3 is 2.97 bits per heavy atom. The van der Waals surface area contributed by atoms with Crippen LogP contribution >= 0.6 is 11.3 Å². The topological polar surface area (TPSA) is 123 Å². The smallest absolute Gasteiger partial charge is 0.263 e. The molecule has 0 saturated carbocycles. The number of alkyl halides is 1. The number of hydrogen-bond acceptors (Lipinski definition) is 8. The van der Waals surface area contributed by atoms with Crippen molar-refractivity contribution in [3.8, 4) is 0 Å². The van der Waals surface area contributed by atoms with Gasteiger partial charge < -0.3 is 21.7 Å². The number of thiophene rings is 1. The number of pyridine rings is 1. The number of anilines is 2. The highest BCUT2D eigenvalue weighted by Crippen LogP contribution is 2.33. The van der Waals surface area contributed by atoms with Crippen molar-refractivity contribution in [1.29, 1.82) is 0 Å². The number of aryl methyl sites for hydroxylation is 2. The zero-order valence-electron chi connectivity index (χ0n) is 17.8. The Kier molecular flexibility index (Phi) is 5.42. The highest BCUT2D eigenvalue weighted by Gasteiger charge is 2.32. The number of aromatic nitrogens is 3. The minimum absolute atomic E-state index is 0.0140. The molecule has 1 aliphatic heterocycles. The number of hydrogen-bond donors (Lipinski definition) is 3. The number of fused-ring (bicyclic) bond motifs is 2. The molecule has 32 heavy (non-hydrogen) atoms. The Hall–Kier alpha value is -2.85. The standard InChI is InChI=1S/C22H26FN7OS/c1-11-2-4-15-18(25)19(32-21(15)27-11)20(31)28-14-3-5-17-12(6-14)8-26-22(29-17)30-9-13(7-23)16(24)10-30/h2,4,8,13-14,16H,3,5-7,9-10,24-25H2,1H3,(H,28,31)/t13-,14+,16-/m1/s1. The first kappa shape index (κ1) is 21.0. The van der Waals surface area contributed by atoms with E-state index in [0.29, 0.717) is 36.0 Å². The number of nitrogens with one attached hydrogen (secondary N) is 1. The molecule has 0 aromatic carbocycles. The van der Waals surface area contributed by atoms with Gasteiger partial charge in [0, 0.05) is 54.1 Å². The maximum absolute atomic E-state index is 13.1. The van der Waals surface area contributed by atoms with Gasteiger partial charge >= 0.3 is 0 Å². The van der Waals surface area contributed by atoms with Gasteiger partial charge in [0.1, 0.15) is 9.71 Å². The van der Waals surface area contributed by atoms with Crippen molar-refractivity contribution in [1.82, 2.24) is 20.3 Å². The van der Waals surface area contributed by atoms with Crippen LogP contribution in [0.25, 0.3) is 10.2 Å². The van der Waals surface area contributed by atoms with Crippen molar-refractivity contribution in [3.63, 3.8) is 0 Å². The Morgan fingerprint density at radius 1 is 1.34 bits per heavy atom. The highest BCUT2D eigenvalue weighted by molar-refractivity contribution is 7.21. The molecule has 1 amide bonds. The second-order valence-corrected chi connectivity index (χ2v) is 9.69. The molecule has 1 saturated heterocycles. The summed E-state index contributed by atoms with van der Waals surface area (Å²) in [5, 5.41) is 3.94. The van der Waals surface area contributed by atoms with Crippen molar-refractivity contribution in [3.05, 3.63) is 40.2 Å². The monoisotopic (exact) mass is 455 g/mol. The molecule has 0 unspecified atom stereocenters. The normalized spacial score (nSPS) is 22.8. The van der Waals surface area contributed by atoms with E-state index in [-0.39, 0.29) is 23.9 Å². The summed E-state index contributed by atoms with van der Waals surface area (Å²) in [5.74, 6) is 0.269. The summed E-state index contributed by atoms with van der Waals surface area (Å²) in [6.07, 6.45) is 4.01. The van der Waals surface area contributed by atoms with Crippen LogP contribution in [0.5, 0.6) is 0 Å². The molecule has 4 heterocycles. The molecule has 168 valence electrons. The van der Waals surface area contributed by atoms with Crippen LogP contribution in [0.4, 0.5) is 16.0 Å². The Labute approximate surface area is 189 Å². The van der Waals surface area contributed by atoms with Crippen LogP contribution in [0.3, 0.4) is 0 Å². The molecule has 1 fully saturated rings. The third-order valence-corrected chi connectivity index (χ3v) is 7.50. The Balaban J connectivity index is 1.28. The quantitative estimate of drug-likeness (QED) is 0.550. The van der Waals surface area contributed by atoms with Crippen LogP contribution in [0, 0.1) is 12.8 Å². The number of nitrogens with zero attached hydrogens (tertiary/aromatic N) is 4. The molecule has 0 radical (unpaired) electrons. The maximum Gasteiger partial charge on any atom is 0.263 e. The lowest BCUT2D eigenvalue weighted by Gasteiger charge is -2.26. The van der Waals surface area contributed by atoms with Gasteiger partial charge in [-0.25, -0.2) is 15.0 Å². The molecular formula is C22H26FN7OS. The summed E-state index contributed by atoms with van der Waals surface area (Å²) >= 11 is 1.32. The first-order valence-electron chi connectivity index (χ1n) is 10.8. The first-order valence-corrected chi connectivity index (χ1v) is 11.6. The molecule has 5 N–H and O–H groups in total. The number of rotatable bonds is 4. The van der Waals surface area contributed by atoms with Crippen LogP contribution in [0.2, 0.25) is 0 Å². The summed E-state index contributed by atoms with van der Waals surface area (Å²) in [6, 6.07) is 3.60. The zero-order chi connectivity index (χ0) is 22.4.